The molecule has 0 bridgehead atoms. The standard InChI is InChI=1S/C15H14O4.C2H6/c1-9-11-6-4-5-7-12(11)14(19-10(2)16)8-13(9)15(17)18-3;1-2/h4-8H,1-3H3;1-2H3. The van der Waals surface area contributed by atoms with E-state index in [1.807, 2.05) is 45.0 Å². The van der Waals surface area contributed by atoms with Crippen molar-refractivity contribution in [3.8, 4) is 5.75 Å². The number of hydrogen-bond acceptors (Lipinski definition) is 4. The Morgan fingerprint density at radius 3 is 2.14 bits per heavy atom. The molecule has 21 heavy (non-hydrogen) atoms. The van der Waals surface area contributed by atoms with Crippen molar-refractivity contribution < 1.29 is 19.1 Å². The highest BCUT2D eigenvalue weighted by molar-refractivity contribution is 6.02. The SMILES string of the molecule is CC.COC(=O)c1cc(OC(C)=O)c2ccccc2c1C. The fourth-order valence-electron chi connectivity index (χ4n) is 2.05. The molecule has 112 valence electrons. The Hall–Kier alpha value is -2.36. The average molecular weight is 288 g/mol. The van der Waals surface area contributed by atoms with Crippen molar-refractivity contribution in [1.29, 1.82) is 0 Å². The summed E-state index contributed by atoms with van der Waals surface area (Å²) in [6.45, 7) is 7.17. The van der Waals surface area contributed by atoms with E-state index in [0.717, 1.165) is 16.3 Å². The predicted molar refractivity (Wildman–Crippen MR) is 82.7 cm³/mol. The van der Waals surface area contributed by atoms with Gasteiger partial charge < -0.3 is 9.47 Å². The fraction of sp³-hybridized carbons (Fsp3) is 0.294. The first-order chi connectivity index (χ1) is 10.0. The molecule has 0 aliphatic heterocycles. The van der Waals surface area contributed by atoms with Crippen LogP contribution in [0, 0.1) is 6.92 Å². The summed E-state index contributed by atoms with van der Waals surface area (Å²) in [5, 5.41) is 1.66. The lowest BCUT2D eigenvalue weighted by Gasteiger charge is -2.12. The molecule has 0 aliphatic rings. The largest absolute Gasteiger partial charge is 0.465 e. The van der Waals surface area contributed by atoms with Crippen molar-refractivity contribution in [2.45, 2.75) is 27.7 Å². The van der Waals surface area contributed by atoms with Gasteiger partial charge in [0.15, 0.2) is 0 Å². The first-order valence-electron chi connectivity index (χ1n) is 6.83. The van der Waals surface area contributed by atoms with Gasteiger partial charge in [0.1, 0.15) is 5.75 Å². The zero-order chi connectivity index (χ0) is 16.0. The molecule has 0 amide bonds. The Bertz CT molecular complexity index is 659. The second-order valence-corrected chi connectivity index (χ2v) is 4.18. The molecule has 0 heterocycles. The molecule has 0 N–H and O–H groups in total. The summed E-state index contributed by atoms with van der Waals surface area (Å²) in [5.74, 6) is -0.504. The summed E-state index contributed by atoms with van der Waals surface area (Å²) in [5.41, 5.74) is 1.20. The van der Waals surface area contributed by atoms with E-state index in [2.05, 4.69) is 0 Å². The summed E-state index contributed by atoms with van der Waals surface area (Å²) in [6.07, 6.45) is 0. The van der Waals surface area contributed by atoms with Crippen LogP contribution in [0.5, 0.6) is 5.75 Å². The van der Waals surface area contributed by atoms with Crippen LogP contribution < -0.4 is 4.74 Å². The number of methoxy groups -OCH3 is 1. The van der Waals surface area contributed by atoms with Crippen LogP contribution in [0.25, 0.3) is 10.8 Å². The predicted octanol–water partition coefficient (Wildman–Crippen LogP) is 3.89. The highest BCUT2D eigenvalue weighted by Crippen LogP contribution is 2.31. The second-order valence-electron chi connectivity index (χ2n) is 4.18. The van der Waals surface area contributed by atoms with Gasteiger partial charge in [-0.15, -0.1) is 0 Å². The van der Waals surface area contributed by atoms with Crippen LogP contribution in [0.15, 0.2) is 30.3 Å². The van der Waals surface area contributed by atoms with E-state index in [0.29, 0.717) is 11.3 Å². The van der Waals surface area contributed by atoms with E-state index in [9.17, 15) is 9.59 Å². The van der Waals surface area contributed by atoms with E-state index in [4.69, 9.17) is 9.47 Å². The molecule has 0 atom stereocenters. The van der Waals surface area contributed by atoms with E-state index in [-0.39, 0.29) is 0 Å². The van der Waals surface area contributed by atoms with Gasteiger partial charge in [-0.05, 0) is 23.9 Å². The quantitative estimate of drug-likeness (QED) is 0.621. The number of ether oxygens (including phenoxy) is 2. The van der Waals surface area contributed by atoms with Gasteiger partial charge >= 0.3 is 11.9 Å². The molecule has 4 nitrogen and oxygen atoms in total. The average Bonchev–Trinajstić information content (AvgIpc) is 2.51. The van der Waals surface area contributed by atoms with Gasteiger partial charge in [-0.2, -0.15) is 0 Å². The highest BCUT2D eigenvalue weighted by atomic mass is 16.5. The van der Waals surface area contributed by atoms with Crippen molar-refractivity contribution in [1.82, 2.24) is 0 Å². The smallest absolute Gasteiger partial charge is 0.338 e. The van der Waals surface area contributed by atoms with E-state index >= 15 is 0 Å². The van der Waals surface area contributed by atoms with Crippen LogP contribution in [-0.2, 0) is 9.53 Å². The Morgan fingerprint density at radius 1 is 1.05 bits per heavy atom. The van der Waals surface area contributed by atoms with Crippen molar-refractivity contribution in [3.63, 3.8) is 0 Å². The Balaban J connectivity index is 0.00000106. The monoisotopic (exact) mass is 288 g/mol. The lowest BCUT2D eigenvalue weighted by Crippen LogP contribution is -2.07. The number of fused-ring (bicyclic) bond motifs is 1. The van der Waals surface area contributed by atoms with Crippen LogP contribution in [0.1, 0.15) is 36.7 Å². The van der Waals surface area contributed by atoms with Gasteiger partial charge in [-0.1, -0.05) is 38.1 Å². The molecule has 0 spiro atoms. The molecule has 0 saturated heterocycles. The van der Waals surface area contributed by atoms with Crippen LogP contribution in [-0.4, -0.2) is 19.0 Å². The molecule has 0 aromatic heterocycles. The maximum Gasteiger partial charge on any atom is 0.338 e. The summed E-state index contributed by atoms with van der Waals surface area (Å²) in [7, 11) is 1.32. The maximum absolute atomic E-state index is 11.8. The number of carbonyl (C=O) groups excluding carboxylic acids is 2. The molecule has 0 fully saturated rings. The van der Waals surface area contributed by atoms with Crippen molar-refractivity contribution in [3.05, 3.63) is 41.5 Å². The molecule has 4 heteroatoms. The molecular formula is C17H20O4. The van der Waals surface area contributed by atoms with Crippen LogP contribution >= 0.6 is 0 Å². The minimum Gasteiger partial charge on any atom is -0.465 e. The molecule has 0 saturated carbocycles. The Labute approximate surface area is 124 Å². The van der Waals surface area contributed by atoms with E-state index in [1.54, 1.807) is 6.07 Å². The number of benzene rings is 2. The third kappa shape index (κ3) is 3.60. The molecule has 2 aromatic carbocycles. The zero-order valence-corrected chi connectivity index (χ0v) is 13.0. The molecule has 0 unspecified atom stereocenters. The number of hydrogen-bond donors (Lipinski definition) is 0. The molecule has 0 aliphatic carbocycles. The summed E-state index contributed by atoms with van der Waals surface area (Å²) >= 11 is 0. The lowest BCUT2D eigenvalue weighted by molar-refractivity contribution is -0.131. The number of esters is 2. The minimum atomic E-state index is -0.448. The summed E-state index contributed by atoms with van der Waals surface area (Å²) in [4.78, 5) is 22.9. The van der Waals surface area contributed by atoms with Gasteiger partial charge in [0, 0.05) is 12.3 Å². The molecule has 0 radical (unpaired) electrons. The number of carbonyl (C=O) groups is 2. The van der Waals surface area contributed by atoms with E-state index in [1.165, 1.54) is 14.0 Å². The Morgan fingerprint density at radius 2 is 1.62 bits per heavy atom. The van der Waals surface area contributed by atoms with Crippen LogP contribution in [0.2, 0.25) is 0 Å². The van der Waals surface area contributed by atoms with Crippen molar-refractivity contribution >= 4 is 22.7 Å². The first-order valence-corrected chi connectivity index (χ1v) is 6.83. The normalized spacial score (nSPS) is 9.57. The van der Waals surface area contributed by atoms with E-state index < -0.39 is 11.9 Å². The van der Waals surface area contributed by atoms with Gasteiger partial charge in [-0.3, -0.25) is 4.79 Å². The van der Waals surface area contributed by atoms with Crippen molar-refractivity contribution in [2.75, 3.05) is 7.11 Å². The van der Waals surface area contributed by atoms with Gasteiger partial charge in [0.05, 0.1) is 12.7 Å². The Kier molecular flexibility index (Phi) is 5.91. The van der Waals surface area contributed by atoms with Crippen LogP contribution in [0.4, 0.5) is 0 Å². The van der Waals surface area contributed by atoms with Gasteiger partial charge in [0.25, 0.3) is 0 Å². The highest BCUT2D eigenvalue weighted by Gasteiger charge is 2.16. The number of rotatable bonds is 2. The lowest BCUT2D eigenvalue weighted by atomic mass is 9.99. The van der Waals surface area contributed by atoms with Gasteiger partial charge in [0.2, 0.25) is 0 Å². The molecular weight excluding hydrogens is 268 g/mol. The second kappa shape index (κ2) is 7.43. The zero-order valence-electron chi connectivity index (χ0n) is 13.0. The molecule has 2 rings (SSSR count). The van der Waals surface area contributed by atoms with Gasteiger partial charge in [-0.25, -0.2) is 4.79 Å². The minimum absolute atomic E-state index is 0.370. The molecule has 2 aromatic rings. The first kappa shape index (κ1) is 16.7. The summed E-state index contributed by atoms with van der Waals surface area (Å²) < 4.78 is 9.92. The third-order valence-electron chi connectivity index (χ3n) is 2.93. The third-order valence-corrected chi connectivity index (χ3v) is 2.93. The van der Waals surface area contributed by atoms with Crippen LogP contribution in [0.3, 0.4) is 0 Å². The topological polar surface area (TPSA) is 52.6 Å². The summed E-state index contributed by atoms with van der Waals surface area (Å²) in [6, 6.07) is 9.00. The van der Waals surface area contributed by atoms with Crippen molar-refractivity contribution in [2.24, 2.45) is 0 Å². The fourth-order valence-corrected chi connectivity index (χ4v) is 2.05. The number of aryl methyl sites for hydroxylation is 1. The maximum atomic E-state index is 11.8.